The van der Waals surface area contributed by atoms with E-state index >= 15 is 0 Å². The maximum atomic E-state index is 12.0. The van der Waals surface area contributed by atoms with E-state index in [2.05, 4.69) is 29.6 Å². The molecule has 0 radical (unpaired) electrons. The van der Waals surface area contributed by atoms with Gasteiger partial charge in [0, 0.05) is 6.04 Å². The largest absolute Gasteiger partial charge is 0.489 e. The first kappa shape index (κ1) is 19.2. The number of nitrogens with one attached hydrogen (secondary N) is 1. The van der Waals surface area contributed by atoms with Crippen molar-refractivity contribution in [1.82, 2.24) is 5.32 Å². The van der Waals surface area contributed by atoms with Crippen LogP contribution >= 0.6 is 0 Å². The van der Waals surface area contributed by atoms with Crippen molar-refractivity contribution in [1.29, 1.82) is 5.26 Å². The molecule has 3 rings (SSSR count). The molecule has 140 valence electrons. The van der Waals surface area contributed by atoms with Crippen LogP contribution in [-0.4, -0.2) is 11.9 Å². The zero-order valence-electron chi connectivity index (χ0n) is 16.0. The molecule has 0 aromatic heterocycles. The van der Waals surface area contributed by atoms with Crippen LogP contribution in [-0.2, 0) is 11.4 Å². The average Bonchev–Trinajstić information content (AvgIpc) is 2.70. The first-order valence-electron chi connectivity index (χ1n) is 9.19. The van der Waals surface area contributed by atoms with Crippen LogP contribution in [0.15, 0.2) is 72.3 Å². The number of carbonyl (C=O) groups is 1. The Hall–Kier alpha value is -3.58. The Balaban J connectivity index is 1.70. The van der Waals surface area contributed by atoms with E-state index in [0.29, 0.717) is 6.61 Å². The molecule has 4 nitrogen and oxygen atoms in total. The lowest BCUT2D eigenvalue weighted by atomic mass is 10.1. The second-order valence-electron chi connectivity index (χ2n) is 6.79. The van der Waals surface area contributed by atoms with Crippen LogP contribution in [0, 0.1) is 11.3 Å². The quantitative estimate of drug-likeness (QED) is 0.498. The Morgan fingerprint density at radius 2 is 1.79 bits per heavy atom. The molecule has 0 heterocycles. The van der Waals surface area contributed by atoms with Gasteiger partial charge in [0.2, 0.25) is 0 Å². The third-order valence-corrected chi connectivity index (χ3v) is 4.25. The molecule has 3 aromatic carbocycles. The number of ether oxygens (including phenoxy) is 1. The van der Waals surface area contributed by atoms with E-state index in [1.54, 1.807) is 6.08 Å². The number of carbonyl (C=O) groups excluding carboxylic acids is 1. The maximum Gasteiger partial charge on any atom is 0.262 e. The molecule has 0 aliphatic carbocycles. The highest BCUT2D eigenvalue weighted by atomic mass is 16.5. The van der Waals surface area contributed by atoms with Crippen LogP contribution in [0.3, 0.4) is 0 Å². The van der Waals surface area contributed by atoms with Gasteiger partial charge in [-0.05, 0) is 54.0 Å². The third kappa shape index (κ3) is 4.77. The van der Waals surface area contributed by atoms with Crippen LogP contribution in [0.2, 0.25) is 0 Å². The van der Waals surface area contributed by atoms with E-state index in [-0.39, 0.29) is 17.5 Å². The standard InChI is InChI=1S/C24H22N2O2/c1-17(2)26-24(27)21(15-25)14-18-10-12-22(13-11-18)28-16-20-8-5-7-19-6-3-4-9-23(19)20/h3-14,17H,16H2,1-2H3,(H,26,27). The van der Waals surface area contributed by atoms with Gasteiger partial charge >= 0.3 is 0 Å². The van der Waals surface area contributed by atoms with E-state index in [0.717, 1.165) is 16.9 Å². The van der Waals surface area contributed by atoms with Gasteiger partial charge in [-0.1, -0.05) is 54.6 Å². The van der Waals surface area contributed by atoms with E-state index in [1.165, 1.54) is 10.8 Å². The average molecular weight is 370 g/mol. The minimum atomic E-state index is -0.367. The van der Waals surface area contributed by atoms with E-state index in [4.69, 9.17) is 4.74 Å². The van der Waals surface area contributed by atoms with Crippen LogP contribution in [0.5, 0.6) is 5.75 Å². The van der Waals surface area contributed by atoms with Crippen molar-refractivity contribution in [2.75, 3.05) is 0 Å². The Morgan fingerprint density at radius 3 is 2.50 bits per heavy atom. The van der Waals surface area contributed by atoms with Crippen LogP contribution in [0.25, 0.3) is 16.8 Å². The molecule has 28 heavy (non-hydrogen) atoms. The number of hydrogen-bond donors (Lipinski definition) is 1. The molecule has 0 unspecified atom stereocenters. The monoisotopic (exact) mass is 370 g/mol. The lowest BCUT2D eigenvalue weighted by Gasteiger charge is -2.10. The van der Waals surface area contributed by atoms with E-state index in [9.17, 15) is 10.1 Å². The molecule has 3 aromatic rings. The van der Waals surface area contributed by atoms with Crippen molar-refractivity contribution in [2.45, 2.75) is 26.5 Å². The van der Waals surface area contributed by atoms with Crippen molar-refractivity contribution < 1.29 is 9.53 Å². The minimum absolute atomic E-state index is 0.0194. The predicted octanol–water partition coefficient (Wildman–Crippen LogP) is 4.85. The summed E-state index contributed by atoms with van der Waals surface area (Å²) in [4.78, 5) is 12.0. The van der Waals surface area contributed by atoms with Gasteiger partial charge in [0.25, 0.3) is 5.91 Å². The van der Waals surface area contributed by atoms with E-state index < -0.39 is 0 Å². The number of fused-ring (bicyclic) bond motifs is 1. The Morgan fingerprint density at radius 1 is 1.07 bits per heavy atom. The normalized spacial score (nSPS) is 11.3. The molecule has 1 amide bonds. The number of rotatable bonds is 6. The smallest absolute Gasteiger partial charge is 0.262 e. The van der Waals surface area contributed by atoms with Crippen molar-refractivity contribution in [3.63, 3.8) is 0 Å². The fourth-order valence-electron chi connectivity index (χ4n) is 2.89. The zero-order chi connectivity index (χ0) is 19.9. The molecule has 0 spiro atoms. The summed E-state index contributed by atoms with van der Waals surface area (Å²) in [6.07, 6.45) is 1.58. The second kappa shape index (κ2) is 8.88. The van der Waals surface area contributed by atoms with Gasteiger partial charge in [0.05, 0.1) is 0 Å². The number of nitrogens with zero attached hydrogens (tertiary/aromatic N) is 1. The summed E-state index contributed by atoms with van der Waals surface area (Å²) < 4.78 is 5.92. The van der Waals surface area contributed by atoms with Gasteiger partial charge in [0.1, 0.15) is 24.0 Å². The Bertz CT molecular complexity index is 1040. The summed E-state index contributed by atoms with van der Waals surface area (Å²) in [5, 5.41) is 14.3. The number of nitriles is 1. The highest BCUT2D eigenvalue weighted by Crippen LogP contribution is 2.21. The fraction of sp³-hybridized carbons (Fsp3) is 0.167. The molecule has 0 saturated heterocycles. The molecule has 1 N–H and O–H groups in total. The van der Waals surface area contributed by atoms with E-state index in [1.807, 2.05) is 62.4 Å². The Labute approximate surface area is 165 Å². The van der Waals surface area contributed by atoms with Gasteiger partial charge in [-0.2, -0.15) is 5.26 Å². The number of hydrogen-bond acceptors (Lipinski definition) is 3. The molecule has 0 fully saturated rings. The van der Waals surface area contributed by atoms with Crippen LogP contribution in [0.4, 0.5) is 0 Å². The molecule has 0 saturated carbocycles. The molecule has 0 aliphatic rings. The predicted molar refractivity (Wildman–Crippen MR) is 112 cm³/mol. The molecule has 0 bridgehead atoms. The minimum Gasteiger partial charge on any atom is -0.489 e. The van der Waals surface area contributed by atoms with Gasteiger partial charge in [-0.25, -0.2) is 0 Å². The SMILES string of the molecule is CC(C)NC(=O)C(C#N)=Cc1ccc(OCc2cccc3ccccc23)cc1. The van der Waals surface area contributed by atoms with Gasteiger partial charge in [-0.15, -0.1) is 0 Å². The lowest BCUT2D eigenvalue weighted by Crippen LogP contribution is -2.30. The second-order valence-corrected chi connectivity index (χ2v) is 6.79. The van der Waals surface area contributed by atoms with Gasteiger partial charge in [-0.3, -0.25) is 4.79 Å². The van der Waals surface area contributed by atoms with Gasteiger partial charge < -0.3 is 10.1 Å². The zero-order valence-corrected chi connectivity index (χ0v) is 16.0. The first-order chi connectivity index (χ1) is 13.6. The lowest BCUT2D eigenvalue weighted by molar-refractivity contribution is -0.117. The third-order valence-electron chi connectivity index (χ3n) is 4.25. The van der Waals surface area contributed by atoms with Gasteiger partial charge in [0.15, 0.2) is 0 Å². The van der Waals surface area contributed by atoms with Crippen LogP contribution in [0.1, 0.15) is 25.0 Å². The topological polar surface area (TPSA) is 62.1 Å². The maximum absolute atomic E-state index is 12.0. The molecule has 4 heteroatoms. The highest BCUT2D eigenvalue weighted by Gasteiger charge is 2.10. The molecular formula is C24H22N2O2. The number of benzene rings is 3. The molecule has 0 atom stereocenters. The molecule has 0 aliphatic heterocycles. The summed E-state index contributed by atoms with van der Waals surface area (Å²) >= 11 is 0. The van der Waals surface area contributed by atoms with Crippen molar-refractivity contribution in [2.24, 2.45) is 0 Å². The summed E-state index contributed by atoms with van der Waals surface area (Å²) in [5.74, 6) is 0.365. The fourth-order valence-corrected chi connectivity index (χ4v) is 2.89. The molecular weight excluding hydrogens is 348 g/mol. The first-order valence-corrected chi connectivity index (χ1v) is 9.19. The summed E-state index contributed by atoms with van der Waals surface area (Å²) in [7, 11) is 0. The van der Waals surface area contributed by atoms with Crippen LogP contribution < -0.4 is 10.1 Å². The highest BCUT2D eigenvalue weighted by molar-refractivity contribution is 6.01. The number of amides is 1. The Kier molecular flexibility index (Phi) is 6.08. The summed E-state index contributed by atoms with van der Waals surface area (Å²) in [5.41, 5.74) is 1.98. The van der Waals surface area contributed by atoms with Crippen molar-refractivity contribution >= 4 is 22.8 Å². The van der Waals surface area contributed by atoms with Crippen molar-refractivity contribution in [3.8, 4) is 11.8 Å². The van der Waals surface area contributed by atoms with Crippen molar-refractivity contribution in [3.05, 3.63) is 83.4 Å². The summed E-state index contributed by atoms with van der Waals surface area (Å²) in [6.45, 7) is 4.18. The summed E-state index contributed by atoms with van der Waals surface area (Å²) in [6, 6.07) is 23.7.